The molecule has 0 saturated carbocycles. The summed E-state index contributed by atoms with van der Waals surface area (Å²) in [5.74, 6) is 1.24. The van der Waals surface area contributed by atoms with Crippen molar-refractivity contribution in [1.29, 1.82) is 5.26 Å². The molecule has 0 spiro atoms. The number of aliphatic imine (C=N–C) groups is 1. The molecule has 0 bridgehead atoms. The summed E-state index contributed by atoms with van der Waals surface area (Å²) in [6.45, 7) is 6.88. The van der Waals surface area contributed by atoms with Gasteiger partial charge in [0.05, 0.1) is 26.7 Å². The maximum atomic E-state index is 12.4. The van der Waals surface area contributed by atoms with Crippen LogP contribution in [0.4, 0.5) is 5.69 Å². The first-order valence-electron chi connectivity index (χ1n) is 8.50. The van der Waals surface area contributed by atoms with E-state index in [1.54, 1.807) is 30.5 Å². The molecule has 0 aromatic heterocycles. The van der Waals surface area contributed by atoms with Crippen molar-refractivity contribution in [3.05, 3.63) is 47.5 Å². The van der Waals surface area contributed by atoms with Gasteiger partial charge in [-0.2, -0.15) is 5.26 Å². The highest BCUT2D eigenvalue weighted by molar-refractivity contribution is 7.93. The van der Waals surface area contributed by atoms with Crippen LogP contribution < -0.4 is 4.74 Å². The van der Waals surface area contributed by atoms with Crippen LogP contribution in [0.1, 0.15) is 18.1 Å². The largest absolute Gasteiger partial charge is 0.457 e. The fourth-order valence-corrected chi connectivity index (χ4v) is 3.22. The van der Waals surface area contributed by atoms with Crippen molar-refractivity contribution >= 4 is 21.8 Å². The lowest BCUT2D eigenvalue weighted by Gasteiger charge is -2.13. The lowest BCUT2D eigenvalue weighted by molar-refractivity contribution is 0.477. The van der Waals surface area contributed by atoms with Gasteiger partial charge >= 0.3 is 0 Å². The summed E-state index contributed by atoms with van der Waals surface area (Å²) in [4.78, 5) is 6.97. The number of nitrogens with zero attached hydrogens (tertiary/aromatic N) is 4. The van der Waals surface area contributed by atoms with E-state index in [1.807, 2.05) is 44.3 Å². The molecule has 0 aliphatic carbocycles. The Labute approximate surface area is 161 Å². The summed E-state index contributed by atoms with van der Waals surface area (Å²) in [6.07, 6.45) is 4.86. The molecule has 7 heteroatoms. The fourth-order valence-electron chi connectivity index (χ4n) is 2.30. The highest BCUT2D eigenvalue weighted by Gasteiger charge is 2.10. The standard InChI is InChI=1S/C20H24N4O2S/c1-6-24(4)14-22-19-10-16(3)20(11-15(19)2)26-17-8-7-9-18(12-17)27(5,25)23-13-21/h7-12,14H,6H2,1-5H3/b22-14-. The molecule has 0 aliphatic heterocycles. The normalized spacial score (nSPS) is 13.0. The molecule has 0 radical (unpaired) electrons. The van der Waals surface area contributed by atoms with Crippen molar-refractivity contribution in [3.63, 3.8) is 0 Å². The summed E-state index contributed by atoms with van der Waals surface area (Å²) >= 11 is 0. The van der Waals surface area contributed by atoms with E-state index in [1.165, 1.54) is 6.26 Å². The van der Waals surface area contributed by atoms with Crippen molar-refractivity contribution in [2.24, 2.45) is 9.36 Å². The zero-order chi connectivity index (χ0) is 20.0. The highest BCUT2D eigenvalue weighted by Crippen LogP contribution is 2.32. The molecule has 0 saturated heterocycles. The third-order valence-electron chi connectivity index (χ3n) is 4.07. The van der Waals surface area contributed by atoms with Gasteiger partial charge in [-0.05, 0) is 62.2 Å². The van der Waals surface area contributed by atoms with E-state index in [2.05, 4.69) is 16.3 Å². The number of benzene rings is 2. The molecule has 2 rings (SSSR count). The minimum atomic E-state index is -2.76. The summed E-state index contributed by atoms with van der Waals surface area (Å²) < 4.78 is 22.0. The second-order valence-corrected chi connectivity index (χ2v) is 8.55. The van der Waals surface area contributed by atoms with Gasteiger partial charge in [0.1, 0.15) is 11.5 Å². The van der Waals surface area contributed by atoms with Gasteiger partial charge in [0.15, 0.2) is 0 Å². The van der Waals surface area contributed by atoms with Crippen LogP contribution in [0.5, 0.6) is 11.5 Å². The molecule has 1 atom stereocenters. The molecule has 2 aromatic rings. The van der Waals surface area contributed by atoms with Crippen LogP contribution in [0, 0.1) is 25.3 Å². The number of aryl methyl sites for hydroxylation is 2. The molecule has 1 unspecified atom stereocenters. The predicted molar refractivity (Wildman–Crippen MR) is 109 cm³/mol. The molecular formula is C20H24N4O2S. The third-order valence-corrected chi connectivity index (χ3v) is 5.63. The quantitative estimate of drug-likeness (QED) is 0.413. The number of ether oxygens (including phenoxy) is 1. The van der Waals surface area contributed by atoms with Gasteiger partial charge in [0.2, 0.25) is 6.19 Å². The predicted octanol–water partition coefficient (Wildman–Crippen LogP) is 4.65. The van der Waals surface area contributed by atoms with Crippen LogP contribution in [0.3, 0.4) is 0 Å². The van der Waals surface area contributed by atoms with Crippen LogP contribution in [0.15, 0.2) is 50.6 Å². The Hall–Kier alpha value is -2.85. The molecule has 0 heterocycles. The molecule has 142 valence electrons. The van der Waals surface area contributed by atoms with Gasteiger partial charge in [0.25, 0.3) is 0 Å². The lowest BCUT2D eigenvalue weighted by Crippen LogP contribution is -2.14. The number of nitriles is 1. The van der Waals surface area contributed by atoms with E-state index in [0.717, 1.165) is 23.4 Å². The topological polar surface area (TPSA) is 78.0 Å². The van der Waals surface area contributed by atoms with Crippen molar-refractivity contribution in [2.75, 3.05) is 19.8 Å². The Morgan fingerprint density at radius 1 is 1.26 bits per heavy atom. The van der Waals surface area contributed by atoms with Crippen molar-refractivity contribution in [2.45, 2.75) is 25.7 Å². The lowest BCUT2D eigenvalue weighted by atomic mass is 10.1. The highest BCUT2D eigenvalue weighted by atomic mass is 32.2. The molecule has 0 N–H and O–H groups in total. The molecule has 0 amide bonds. The van der Waals surface area contributed by atoms with Gasteiger partial charge in [-0.1, -0.05) is 6.07 Å². The monoisotopic (exact) mass is 384 g/mol. The number of rotatable bonds is 6. The van der Waals surface area contributed by atoms with Gasteiger partial charge in [-0.25, -0.2) is 9.20 Å². The summed E-state index contributed by atoms with van der Waals surface area (Å²) in [7, 11) is -0.785. The zero-order valence-corrected chi connectivity index (χ0v) is 17.1. The molecule has 27 heavy (non-hydrogen) atoms. The Kier molecular flexibility index (Phi) is 6.59. The van der Waals surface area contributed by atoms with Crippen LogP contribution in [0.2, 0.25) is 0 Å². The van der Waals surface area contributed by atoms with Gasteiger partial charge < -0.3 is 9.64 Å². The van der Waals surface area contributed by atoms with E-state index in [-0.39, 0.29) is 0 Å². The van der Waals surface area contributed by atoms with Crippen LogP contribution in [-0.4, -0.2) is 35.3 Å². The Morgan fingerprint density at radius 3 is 2.67 bits per heavy atom. The first kappa shape index (κ1) is 20.5. The maximum Gasteiger partial charge on any atom is 0.214 e. The molecule has 2 aromatic carbocycles. The van der Waals surface area contributed by atoms with E-state index < -0.39 is 9.73 Å². The Morgan fingerprint density at radius 2 is 2.00 bits per heavy atom. The van der Waals surface area contributed by atoms with Crippen LogP contribution in [-0.2, 0) is 9.73 Å². The van der Waals surface area contributed by atoms with E-state index >= 15 is 0 Å². The van der Waals surface area contributed by atoms with Crippen LogP contribution in [0.25, 0.3) is 0 Å². The molecule has 0 aliphatic rings. The average Bonchev–Trinajstić information content (AvgIpc) is 2.63. The summed E-state index contributed by atoms with van der Waals surface area (Å²) in [6, 6.07) is 10.8. The maximum absolute atomic E-state index is 12.4. The second kappa shape index (κ2) is 8.69. The smallest absolute Gasteiger partial charge is 0.214 e. The first-order chi connectivity index (χ1) is 12.8. The molecule has 0 fully saturated rings. The van der Waals surface area contributed by atoms with Crippen molar-refractivity contribution in [3.8, 4) is 17.7 Å². The molecule has 6 nitrogen and oxygen atoms in total. The van der Waals surface area contributed by atoms with Gasteiger partial charge in [-0.3, -0.25) is 0 Å². The Bertz CT molecular complexity index is 1020. The van der Waals surface area contributed by atoms with E-state index in [9.17, 15) is 4.21 Å². The van der Waals surface area contributed by atoms with E-state index in [4.69, 9.17) is 10.00 Å². The van der Waals surface area contributed by atoms with Gasteiger partial charge in [0, 0.05) is 19.8 Å². The van der Waals surface area contributed by atoms with Gasteiger partial charge in [-0.15, -0.1) is 4.36 Å². The second-order valence-electron chi connectivity index (χ2n) is 6.29. The van der Waals surface area contributed by atoms with Crippen LogP contribution >= 0.6 is 0 Å². The van der Waals surface area contributed by atoms with Crippen molar-refractivity contribution in [1.82, 2.24) is 4.90 Å². The Balaban J connectivity index is 2.33. The van der Waals surface area contributed by atoms with Crippen molar-refractivity contribution < 1.29 is 8.95 Å². The average molecular weight is 385 g/mol. The minimum absolute atomic E-state index is 0.458. The first-order valence-corrected chi connectivity index (χ1v) is 10.4. The van der Waals surface area contributed by atoms with E-state index in [0.29, 0.717) is 16.4 Å². The molecular weight excluding hydrogens is 360 g/mol. The minimum Gasteiger partial charge on any atom is -0.457 e. The summed E-state index contributed by atoms with van der Waals surface area (Å²) in [5.41, 5.74) is 2.82. The zero-order valence-electron chi connectivity index (χ0n) is 16.3. The third kappa shape index (κ3) is 5.31. The number of hydrogen-bond acceptors (Lipinski definition) is 5. The summed E-state index contributed by atoms with van der Waals surface area (Å²) in [5, 5.41) is 8.71. The number of hydrogen-bond donors (Lipinski definition) is 0. The SMILES string of the molecule is CCN(C)/C=N\c1cc(C)c(Oc2cccc(S(C)(=O)=NC#N)c2)cc1C. The fraction of sp³-hybridized carbons (Fsp3) is 0.300.